The quantitative estimate of drug-likeness (QED) is 0.190. The summed E-state index contributed by atoms with van der Waals surface area (Å²) in [6.45, 7) is 9.97. The van der Waals surface area contributed by atoms with Crippen molar-refractivity contribution in [3.63, 3.8) is 0 Å². The number of methoxy groups -OCH3 is 1. The Kier molecular flexibility index (Phi) is 11.9. The highest BCUT2D eigenvalue weighted by Gasteiger charge is 2.23. The van der Waals surface area contributed by atoms with Crippen LogP contribution in [0.25, 0.3) is 0 Å². The monoisotopic (exact) mass is 554 g/mol. The summed E-state index contributed by atoms with van der Waals surface area (Å²) < 4.78 is 7.54. The summed E-state index contributed by atoms with van der Waals surface area (Å²) in [6.07, 6.45) is 8.66. The number of nitrogens with zero attached hydrogens (tertiary/aromatic N) is 4. The zero-order chi connectivity index (χ0) is 21.9. The normalized spacial score (nSPS) is 15.3. The van der Waals surface area contributed by atoms with E-state index < -0.39 is 0 Å². The molecule has 1 aromatic carbocycles. The number of unbranched alkanes of at least 4 members (excludes halogenated alkanes) is 1. The predicted octanol–water partition coefficient (Wildman–Crippen LogP) is 3.99. The van der Waals surface area contributed by atoms with Gasteiger partial charge in [0.25, 0.3) is 0 Å². The van der Waals surface area contributed by atoms with Gasteiger partial charge in [0.1, 0.15) is 11.6 Å². The number of aryl methyl sites for hydroxylation is 2. The molecule has 1 saturated heterocycles. The average molecular weight is 555 g/mol. The van der Waals surface area contributed by atoms with E-state index in [1.165, 1.54) is 18.4 Å². The molecule has 3 rings (SSSR count). The number of hydrogen-bond donors (Lipinski definition) is 2. The maximum atomic E-state index is 5.33. The van der Waals surface area contributed by atoms with Gasteiger partial charge in [0.2, 0.25) is 0 Å². The minimum Gasteiger partial charge on any atom is -0.497 e. The fraction of sp³-hybridized carbons (Fsp3) is 0.583. The van der Waals surface area contributed by atoms with Crippen molar-refractivity contribution in [3.8, 4) is 5.75 Å². The minimum absolute atomic E-state index is 0. The number of aromatic nitrogens is 2. The zero-order valence-corrected chi connectivity index (χ0v) is 22.0. The Morgan fingerprint density at radius 2 is 1.91 bits per heavy atom. The molecule has 8 heteroatoms. The Morgan fingerprint density at radius 3 is 2.53 bits per heavy atom. The van der Waals surface area contributed by atoms with Crippen LogP contribution in [0.5, 0.6) is 5.75 Å². The Hall–Kier alpha value is -1.81. The van der Waals surface area contributed by atoms with Crippen molar-refractivity contribution in [2.45, 2.75) is 52.1 Å². The lowest BCUT2D eigenvalue weighted by Gasteiger charge is -2.27. The molecule has 2 N–H and O–H groups in total. The first kappa shape index (κ1) is 26.4. The molecule has 1 aromatic heterocycles. The van der Waals surface area contributed by atoms with Crippen molar-refractivity contribution < 1.29 is 4.74 Å². The van der Waals surface area contributed by atoms with E-state index in [1.54, 1.807) is 7.11 Å². The van der Waals surface area contributed by atoms with E-state index in [4.69, 9.17) is 9.73 Å². The second-order valence-electron chi connectivity index (χ2n) is 8.05. The number of ether oxygens (including phenoxy) is 1. The average Bonchev–Trinajstić information content (AvgIpc) is 3.46. The largest absolute Gasteiger partial charge is 0.497 e. The summed E-state index contributed by atoms with van der Waals surface area (Å²) in [5.41, 5.74) is 1.30. The molecule has 0 amide bonds. The summed E-state index contributed by atoms with van der Waals surface area (Å²) in [5, 5.41) is 6.90. The van der Waals surface area contributed by atoms with Crippen LogP contribution in [0.1, 0.15) is 50.0 Å². The van der Waals surface area contributed by atoms with Crippen LogP contribution in [0.3, 0.4) is 0 Å². The van der Waals surface area contributed by atoms with E-state index in [-0.39, 0.29) is 24.0 Å². The van der Waals surface area contributed by atoms with Gasteiger partial charge in [0.15, 0.2) is 5.96 Å². The van der Waals surface area contributed by atoms with Crippen molar-refractivity contribution in [3.05, 3.63) is 48.0 Å². The molecule has 0 bridgehead atoms. The van der Waals surface area contributed by atoms with Crippen molar-refractivity contribution in [1.82, 2.24) is 25.1 Å². The van der Waals surface area contributed by atoms with Crippen LogP contribution in [0.4, 0.5) is 0 Å². The van der Waals surface area contributed by atoms with Crippen molar-refractivity contribution in [1.29, 1.82) is 0 Å². The molecule has 1 aliphatic rings. The number of halogens is 1. The molecule has 178 valence electrons. The third-order valence-electron chi connectivity index (χ3n) is 5.89. The molecule has 32 heavy (non-hydrogen) atoms. The van der Waals surface area contributed by atoms with Crippen molar-refractivity contribution in [2.75, 3.05) is 39.8 Å². The number of imidazole rings is 1. The number of likely N-dealkylation sites (tertiary alicyclic amines) is 1. The van der Waals surface area contributed by atoms with Crippen molar-refractivity contribution >= 4 is 29.9 Å². The first-order chi connectivity index (χ1) is 15.2. The number of rotatable bonds is 11. The van der Waals surface area contributed by atoms with Crippen LogP contribution in [0, 0.1) is 6.92 Å². The molecule has 0 aliphatic carbocycles. The van der Waals surface area contributed by atoms with Crippen LogP contribution in [-0.2, 0) is 6.54 Å². The Morgan fingerprint density at radius 1 is 1.16 bits per heavy atom. The lowest BCUT2D eigenvalue weighted by Crippen LogP contribution is -2.39. The molecular formula is C24H39IN6O. The first-order valence-corrected chi connectivity index (χ1v) is 11.6. The molecule has 1 fully saturated rings. The minimum atomic E-state index is 0. The molecule has 2 heterocycles. The van der Waals surface area contributed by atoms with Crippen LogP contribution >= 0.6 is 24.0 Å². The number of benzene rings is 1. The van der Waals surface area contributed by atoms with Gasteiger partial charge >= 0.3 is 0 Å². The number of nitrogens with one attached hydrogen (secondary N) is 2. The topological polar surface area (TPSA) is 66.7 Å². The fourth-order valence-electron chi connectivity index (χ4n) is 4.08. The molecule has 1 atom stereocenters. The highest BCUT2D eigenvalue weighted by atomic mass is 127. The first-order valence-electron chi connectivity index (χ1n) is 11.6. The highest BCUT2D eigenvalue weighted by Crippen LogP contribution is 2.27. The third kappa shape index (κ3) is 7.95. The van der Waals surface area contributed by atoms with Gasteiger partial charge in [0.05, 0.1) is 19.7 Å². The van der Waals surface area contributed by atoms with Crippen LogP contribution in [-0.4, -0.2) is 60.2 Å². The number of aliphatic imine (C=N–C) groups is 1. The van der Waals surface area contributed by atoms with Crippen LogP contribution in [0.15, 0.2) is 41.7 Å². The molecule has 1 unspecified atom stereocenters. The zero-order valence-electron chi connectivity index (χ0n) is 19.7. The van der Waals surface area contributed by atoms with E-state index in [0.29, 0.717) is 6.04 Å². The lowest BCUT2D eigenvalue weighted by molar-refractivity contribution is 0.251. The van der Waals surface area contributed by atoms with Gasteiger partial charge in [0, 0.05) is 32.0 Å². The lowest BCUT2D eigenvalue weighted by atomic mass is 10.1. The molecule has 7 nitrogen and oxygen atoms in total. The maximum absolute atomic E-state index is 5.33. The molecule has 0 saturated carbocycles. The third-order valence-corrected chi connectivity index (χ3v) is 5.89. The van der Waals surface area contributed by atoms with E-state index in [1.807, 2.05) is 31.5 Å². The second kappa shape index (κ2) is 14.4. The summed E-state index contributed by atoms with van der Waals surface area (Å²) in [4.78, 5) is 11.8. The van der Waals surface area contributed by atoms with Gasteiger partial charge in [-0.1, -0.05) is 12.1 Å². The maximum Gasteiger partial charge on any atom is 0.191 e. The van der Waals surface area contributed by atoms with Crippen LogP contribution < -0.4 is 15.4 Å². The summed E-state index contributed by atoms with van der Waals surface area (Å²) in [5.74, 6) is 2.88. The van der Waals surface area contributed by atoms with Gasteiger partial charge < -0.3 is 19.9 Å². The van der Waals surface area contributed by atoms with Gasteiger partial charge in [-0.15, -0.1) is 24.0 Å². The Labute approximate surface area is 210 Å². The predicted molar refractivity (Wildman–Crippen MR) is 142 cm³/mol. The van der Waals surface area contributed by atoms with Gasteiger partial charge in [-0.05, 0) is 70.3 Å². The second-order valence-corrected chi connectivity index (χ2v) is 8.05. The van der Waals surface area contributed by atoms with Crippen LogP contribution in [0.2, 0.25) is 0 Å². The Balaban J connectivity index is 0.00000363. The van der Waals surface area contributed by atoms with E-state index in [9.17, 15) is 0 Å². The standard InChI is InChI=1S/C24H38N6O.HI/c1-4-25-24(27-13-5-6-15-29-18-14-26-20(29)2)28-19-23(30-16-7-8-17-30)21-9-11-22(31-3)12-10-21;/h9-12,14,18,23H,4-8,13,15-17,19H2,1-3H3,(H2,25,27,28);1H. The molecular weight excluding hydrogens is 515 g/mol. The number of hydrogen-bond acceptors (Lipinski definition) is 4. The SMILES string of the molecule is CCNC(=NCC(c1ccc(OC)cc1)N1CCCC1)NCCCCn1ccnc1C.I. The molecule has 1 aliphatic heterocycles. The summed E-state index contributed by atoms with van der Waals surface area (Å²) >= 11 is 0. The highest BCUT2D eigenvalue weighted by molar-refractivity contribution is 14.0. The van der Waals surface area contributed by atoms with Gasteiger partial charge in [-0.3, -0.25) is 9.89 Å². The summed E-state index contributed by atoms with van der Waals surface area (Å²) in [6, 6.07) is 8.75. The smallest absolute Gasteiger partial charge is 0.191 e. The van der Waals surface area contributed by atoms with Gasteiger partial charge in [-0.2, -0.15) is 0 Å². The molecule has 0 spiro atoms. The number of guanidine groups is 1. The molecule has 2 aromatic rings. The van der Waals surface area contributed by atoms with E-state index in [0.717, 1.165) is 69.6 Å². The Bertz CT molecular complexity index is 801. The fourth-order valence-corrected chi connectivity index (χ4v) is 4.08. The molecule has 0 radical (unpaired) electrons. The summed E-state index contributed by atoms with van der Waals surface area (Å²) in [7, 11) is 1.71. The van der Waals surface area contributed by atoms with Gasteiger partial charge in [-0.25, -0.2) is 4.98 Å². The van der Waals surface area contributed by atoms with Crippen molar-refractivity contribution in [2.24, 2.45) is 4.99 Å². The van der Waals surface area contributed by atoms with E-state index >= 15 is 0 Å². The van der Waals surface area contributed by atoms with E-state index in [2.05, 4.69) is 44.1 Å².